The maximum atomic E-state index is 13.2. The Kier molecular flexibility index (Phi) is 5.42. The van der Waals surface area contributed by atoms with E-state index >= 15 is 0 Å². The van der Waals surface area contributed by atoms with E-state index in [0.717, 1.165) is 6.07 Å². The van der Waals surface area contributed by atoms with Crippen molar-refractivity contribution in [3.8, 4) is 0 Å². The Labute approximate surface area is 107 Å². The lowest BCUT2D eigenvalue weighted by atomic mass is 10.2. The molecule has 0 fully saturated rings. The van der Waals surface area contributed by atoms with Crippen LogP contribution in [0.3, 0.4) is 0 Å². The van der Waals surface area contributed by atoms with Crippen molar-refractivity contribution in [1.82, 2.24) is 10.8 Å². The Morgan fingerprint density at radius 1 is 1.26 bits per heavy atom. The number of primary amides is 1. The predicted molar refractivity (Wildman–Crippen MR) is 62.0 cm³/mol. The number of carbonyl (C=O) groups is 3. The second-order valence-electron chi connectivity index (χ2n) is 3.44. The molecule has 1 aromatic rings. The zero-order valence-corrected chi connectivity index (χ0v) is 9.81. The highest BCUT2D eigenvalue weighted by atomic mass is 19.1. The molecule has 102 valence electrons. The zero-order valence-electron chi connectivity index (χ0n) is 9.81. The fraction of sp³-hybridized carbons (Fsp3) is 0.182. The van der Waals surface area contributed by atoms with Crippen LogP contribution in [0.25, 0.3) is 0 Å². The quantitative estimate of drug-likeness (QED) is 0.580. The van der Waals surface area contributed by atoms with Crippen molar-refractivity contribution in [1.29, 1.82) is 0 Å². The standard InChI is InChI=1S/C11H12FN3O4/c12-8-4-2-1-3-7(8)11(18)14-5-10(17)15-19-6-9(13)16/h1-4H,5-6H2,(H2,13,16)(H,14,18)(H,15,17). The average molecular weight is 269 g/mol. The summed E-state index contributed by atoms with van der Waals surface area (Å²) < 4.78 is 13.2. The van der Waals surface area contributed by atoms with Crippen LogP contribution in [0.15, 0.2) is 24.3 Å². The Balaban J connectivity index is 2.36. The molecule has 0 unspecified atom stereocenters. The van der Waals surface area contributed by atoms with Crippen LogP contribution in [0.1, 0.15) is 10.4 Å². The molecule has 0 aromatic heterocycles. The summed E-state index contributed by atoms with van der Waals surface area (Å²) in [7, 11) is 0. The van der Waals surface area contributed by atoms with Gasteiger partial charge in [-0.3, -0.25) is 19.2 Å². The first kappa shape index (κ1) is 14.6. The maximum Gasteiger partial charge on any atom is 0.262 e. The molecule has 0 saturated heterocycles. The maximum absolute atomic E-state index is 13.2. The van der Waals surface area contributed by atoms with Crippen molar-refractivity contribution in [2.75, 3.05) is 13.2 Å². The van der Waals surface area contributed by atoms with Crippen LogP contribution in [0.4, 0.5) is 4.39 Å². The van der Waals surface area contributed by atoms with E-state index in [0.29, 0.717) is 0 Å². The minimum absolute atomic E-state index is 0.173. The highest BCUT2D eigenvalue weighted by Crippen LogP contribution is 2.05. The van der Waals surface area contributed by atoms with Crippen LogP contribution in [-0.2, 0) is 14.4 Å². The molecule has 0 bridgehead atoms. The van der Waals surface area contributed by atoms with Gasteiger partial charge in [0.25, 0.3) is 11.8 Å². The van der Waals surface area contributed by atoms with Crippen molar-refractivity contribution in [3.63, 3.8) is 0 Å². The Bertz CT molecular complexity index is 493. The highest BCUT2D eigenvalue weighted by molar-refractivity contribution is 5.96. The van der Waals surface area contributed by atoms with E-state index in [4.69, 9.17) is 5.73 Å². The van der Waals surface area contributed by atoms with Gasteiger partial charge in [-0.2, -0.15) is 0 Å². The van der Waals surface area contributed by atoms with Gasteiger partial charge >= 0.3 is 0 Å². The van der Waals surface area contributed by atoms with Gasteiger partial charge in [0, 0.05) is 0 Å². The fourth-order valence-corrected chi connectivity index (χ4v) is 1.12. The third-order valence-electron chi connectivity index (χ3n) is 1.93. The predicted octanol–water partition coefficient (Wildman–Crippen LogP) is -0.911. The Morgan fingerprint density at radius 2 is 1.95 bits per heavy atom. The number of carbonyl (C=O) groups excluding carboxylic acids is 3. The van der Waals surface area contributed by atoms with Crippen LogP contribution >= 0.6 is 0 Å². The van der Waals surface area contributed by atoms with E-state index in [1.54, 1.807) is 0 Å². The lowest BCUT2D eigenvalue weighted by Gasteiger charge is -2.06. The fourth-order valence-electron chi connectivity index (χ4n) is 1.12. The van der Waals surface area contributed by atoms with Gasteiger partial charge in [0.05, 0.1) is 12.1 Å². The van der Waals surface area contributed by atoms with E-state index in [-0.39, 0.29) is 5.56 Å². The molecule has 0 spiro atoms. The average Bonchev–Trinajstić information content (AvgIpc) is 2.36. The van der Waals surface area contributed by atoms with E-state index in [1.165, 1.54) is 18.2 Å². The van der Waals surface area contributed by atoms with Crippen molar-refractivity contribution < 1.29 is 23.6 Å². The van der Waals surface area contributed by atoms with Crippen molar-refractivity contribution >= 4 is 17.7 Å². The number of hydroxylamine groups is 1. The number of benzene rings is 1. The number of hydrogen-bond donors (Lipinski definition) is 3. The smallest absolute Gasteiger partial charge is 0.262 e. The molecule has 0 saturated carbocycles. The summed E-state index contributed by atoms with van der Waals surface area (Å²) in [5.74, 6) is -2.88. The molecule has 1 rings (SSSR count). The number of nitrogens with two attached hydrogens (primary N) is 1. The summed E-state index contributed by atoms with van der Waals surface area (Å²) in [6, 6.07) is 5.35. The third-order valence-corrected chi connectivity index (χ3v) is 1.93. The van der Waals surface area contributed by atoms with Gasteiger partial charge in [0.2, 0.25) is 5.91 Å². The molecule has 1 aromatic carbocycles. The van der Waals surface area contributed by atoms with Gasteiger partial charge in [0.15, 0.2) is 6.61 Å². The van der Waals surface area contributed by atoms with Gasteiger partial charge in [-0.25, -0.2) is 9.87 Å². The highest BCUT2D eigenvalue weighted by Gasteiger charge is 2.11. The largest absolute Gasteiger partial charge is 0.368 e. The second-order valence-corrected chi connectivity index (χ2v) is 3.44. The minimum Gasteiger partial charge on any atom is -0.368 e. The Morgan fingerprint density at radius 3 is 2.58 bits per heavy atom. The lowest BCUT2D eigenvalue weighted by Crippen LogP contribution is -2.38. The summed E-state index contributed by atoms with van der Waals surface area (Å²) in [5.41, 5.74) is 6.48. The summed E-state index contributed by atoms with van der Waals surface area (Å²) in [4.78, 5) is 37.4. The third kappa shape index (κ3) is 5.13. The second kappa shape index (κ2) is 7.07. The summed E-state index contributed by atoms with van der Waals surface area (Å²) >= 11 is 0. The molecule has 8 heteroatoms. The molecule has 0 heterocycles. The first-order valence-corrected chi connectivity index (χ1v) is 5.22. The zero-order chi connectivity index (χ0) is 14.3. The summed E-state index contributed by atoms with van der Waals surface area (Å²) in [6.07, 6.45) is 0. The molecule has 0 aliphatic carbocycles. The van der Waals surface area contributed by atoms with Crippen molar-refractivity contribution in [2.24, 2.45) is 5.73 Å². The first-order valence-electron chi connectivity index (χ1n) is 5.22. The molecule has 7 nitrogen and oxygen atoms in total. The summed E-state index contributed by atoms with van der Waals surface area (Å²) in [6.45, 7) is -0.904. The van der Waals surface area contributed by atoms with E-state index < -0.39 is 36.7 Å². The minimum atomic E-state index is -0.754. The van der Waals surface area contributed by atoms with Crippen LogP contribution in [0.2, 0.25) is 0 Å². The van der Waals surface area contributed by atoms with Crippen molar-refractivity contribution in [3.05, 3.63) is 35.6 Å². The van der Waals surface area contributed by atoms with Gasteiger partial charge in [-0.05, 0) is 12.1 Å². The SMILES string of the molecule is NC(=O)CONC(=O)CNC(=O)c1ccccc1F. The van der Waals surface area contributed by atoms with Crippen LogP contribution < -0.4 is 16.5 Å². The molecule has 3 amide bonds. The van der Waals surface area contributed by atoms with Crippen molar-refractivity contribution in [2.45, 2.75) is 0 Å². The first-order chi connectivity index (χ1) is 9.00. The van der Waals surface area contributed by atoms with E-state index in [9.17, 15) is 18.8 Å². The summed E-state index contributed by atoms with van der Waals surface area (Å²) in [5, 5.41) is 2.19. The molecule has 0 atom stereocenters. The number of halogens is 1. The number of amides is 3. The van der Waals surface area contributed by atoms with E-state index in [2.05, 4.69) is 10.2 Å². The molecule has 4 N–H and O–H groups in total. The monoisotopic (exact) mass is 269 g/mol. The Hall–Kier alpha value is -2.48. The van der Waals surface area contributed by atoms with E-state index in [1.807, 2.05) is 5.48 Å². The van der Waals surface area contributed by atoms with Crippen LogP contribution in [0.5, 0.6) is 0 Å². The number of hydrogen-bond acceptors (Lipinski definition) is 4. The molecule has 0 aliphatic heterocycles. The van der Waals surface area contributed by atoms with Gasteiger partial charge in [-0.15, -0.1) is 0 Å². The van der Waals surface area contributed by atoms with Crippen LogP contribution in [0, 0.1) is 5.82 Å². The molecule has 19 heavy (non-hydrogen) atoms. The number of rotatable bonds is 6. The van der Waals surface area contributed by atoms with Gasteiger partial charge in [-0.1, -0.05) is 12.1 Å². The van der Waals surface area contributed by atoms with Gasteiger partial charge < -0.3 is 11.1 Å². The normalized spacial score (nSPS) is 9.74. The molecule has 0 radical (unpaired) electrons. The molecular formula is C11H12FN3O4. The molecule has 0 aliphatic rings. The number of nitrogens with one attached hydrogen (secondary N) is 2. The van der Waals surface area contributed by atoms with Crippen LogP contribution in [-0.4, -0.2) is 30.9 Å². The molecular weight excluding hydrogens is 257 g/mol. The van der Waals surface area contributed by atoms with Gasteiger partial charge in [0.1, 0.15) is 5.82 Å². The lowest BCUT2D eigenvalue weighted by molar-refractivity contribution is -0.137. The topological polar surface area (TPSA) is 111 Å².